The topological polar surface area (TPSA) is 112 Å². The van der Waals surface area contributed by atoms with Crippen LogP contribution in [-0.2, 0) is 9.59 Å². The maximum Gasteiger partial charge on any atom is 0.352 e. The van der Waals surface area contributed by atoms with E-state index in [1.54, 1.807) is 18.2 Å². The fourth-order valence-electron chi connectivity index (χ4n) is 0.860. The van der Waals surface area contributed by atoms with Crippen LogP contribution in [0.4, 0.5) is 5.82 Å². The summed E-state index contributed by atoms with van der Waals surface area (Å²) >= 11 is 0. The first-order valence-electron chi connectivity index (χ1n) is 4.28. The van der Waals surface area contributed by atoms with E-state index in [2.05, 4.69) is 15.5 Å². The van der Waals surface area contributed by atoms with Gasteiger partial charge < -0.3 is 10.2 Å². The zero-order chi connectivity index (χ0) is 12.0. The molecule has 7 nitrogen and oxygen atoms in total. The summed E-state index contributed by atoms with van der Waals surface area (Å²) in [7, 11) is 0. The van der Waals surface area contributed by atoms with Crippen LogP contribution in [-0.4, -0.2) is 32.8 Å². The third kappa shape index (κ3) is 3.74. The van der Waals surface area contributed by atoms with Gasteiger partial charge >= 0.3 is 11.9 Å². The molecule has 0 bridgehead atoms. The lowest BCUT2D eigenvalue weighted by Gasteiger charge is -2.00. The molecule has 0 fully saturated rings. The van der Waals surface area contributed by atoms with E-state index >= 15 is 0 Å². The van der Waals surface area contributed by atoms with Gasteiger partial charge in [-0.3, -0.25) is 10.2 Å². The highest BCUT2D eigenvalue weighted by atomic mass is 16.4. The highest BCUT2D eigenvalue weighted by Gasteiger charge is 2.13. The molecule has 0 saturated heterocycles. The number of carboxylic acids is 2. The lowest BCUT2D eigenvalue weighted by Crippen LogP contribution is -2.19. The second-order valence-corrected chi connectivity index (χ2v) is 2.76. The second-order valence-electron chi connectivity index (χ2n) is 2.76. The third-order valence-electron chi connectivity index (χ3n) is 1.54. The molecule has 0 radical (unpaired) electrons. The number of hydrazone groups is 1. The average Bonchev–Trinajstić information content (AvgIpc) is 2.25. The molecular weight excluding hydrogens is 214 g/mol. The molecule has 0 aliphatic heterocycles. The van der Waals surface area contributed by atoms with Gasteiger partial charge in [-0.2, -0.15) is 5.10 Å². The molecule has 0 aliphatic rings. The molecule has 0 aliphatic carbocycles. The van der Waals surface area contributed by atoms with Crippen molar-refractivity contribution < 1.29 is 19.8 Å². The summed E-state index contributed by atoms with van der Waals surface area (Å²) in [6, 6.07) is 4.94. The van der Waals surface area contributed by atoms with Crippen molar-refractivity contribution in [2.75, 3.05) is 5.43 Å². The van der Waals surface area contributed by atoms with Gasteiger partial charge in [-0.25, -0.2) is 9.78 Å². The molecule has 0 saturated carbocycles. The normalized spacial score (nSPS) is 10.9. The van der Waals surface area contributed by atoms with E-state index in [1.165, 1.54) is 6.20 Å². The maximum absolute atomic E-state index is 10.6. The molecule has 1 heterocycles. The van der Waals surface area contributed by atoms with Crippen molar-refractivity contribution in [2.24, 2.45) is 5.10 Å². The van der Waals surface area contributed by atoms with Gasteiger partial charge in [0.2, 0.25) is 0 Å². The van der Waals surface area contributed by atoms with Crippen molar-refractivity contribution in [1.29, 1.82) is 0 Å². The van der Waals surface area contributed by atoms with Gasteiger partial charge in [0, 0.05) is 6.20 Å². The van der Waals surface area contributed by atoms with Crippen LogP contribution in [0.1, 0.15) is 6.42 Å². The van der Waals surface area contributed by atoms with Crippen LogP contribution in [0.2, 0.25) is 0 Å². The zero-order valence-corrected chi connectivity index (χ0v) is 8.12. The first-order valence-corrected chi connectivity index (χ1v) is 4.28. The number of rotatable bonds is 5. The minimum atomic E-state index is -1.38. The van der Waals surface area contributed by atoms with Crippen LogP contribution in [0.3, 0.4) is 0 Å². The van der Waals surface area contributed by atoms with E-state index < -0.39 is 24.1 Å². The van der Waals surface area contributed by atoms with Crippen LogP contribution < -0.4 is 5.43 Å². The molecule has 0 unspecified atom stereocenters. The Morgan fingerprint density at radius 2 is 2.12 bits per heavy atom. The number of nitrogens with one attached hydrogen (secondary N) is 1. The standard InChI is InChI=1S/C9H9N3O4/c13-8(14)5-6(9(15)16)11-12-7-3-1-2-4-10-7/h1-4H,5H2,(H,10,12)(H,13,14)(H,15,16)/b11-6-. The van der Waals surface area contributed by atoms with Crippen molar-refractivity contribution in [1.82, 2.24) is 4.98 Å². The number of hydrogen-bond acceptors (Lipinski definition) is 5. The molecule has 0 aromatic carbocycles. The van der Waals surface area contributed by atoms with Crippen molar-refractivity contribution in [3.05, 3.63) is 24.4 Å². The Morgan fingerprint density at radius 1 is 1.38 bits per heavy atom. The number of carbonyl (C=O) groups is 2. The Balaban J connectivity index is 2.72. The Kier molecular flexibility index (Phi) is 3.96. The zero-order valence-electron chi connectivity index (χ0n) is 8.12. The Morgan fingerprint density at radius 3 is 2.62 bits per heavy atom. The van der Waals surface area contributed by atoms with Crippen molar-refractivity contribution in [3.8, 4) is 0 Å². The van der Waals surface area contributed by atoms with Gasteiger partial charge in [0.05, 0.1) is 6.42 Å². The monoisotopic (exact) mass is 223 g/mol. The molecule has 0 spiro atoms. The summed E-state index contributed by atoms with van der Waals surface area (Å²) in [6.07, 6.45) is 0.838. The summed E-state index contributed by atoms with van der Waals surface area (Å²) in [5.41, 5.74) is 1.88. The lowest BCUT2D eigenvalue weighted by atomic mass is 10.3. The number of pyridine rings is 1. The summed E-state index contributed by atoms with van der Waals surface area (Å²) in [4.78, 5) is 24.8. The van der Waals surface area contributed by atoms with Crippen LogP contribution >= 0.6 is 0 Å². The fraction of sp³-hybridized carbons (Fsp3) is 0.111. The van der Waals surface area contributed by atoms with E-state index in [1.807, 2.05) is 0 Å². The van der Waals surface area contributed by atoms with Crippen molar-refractivity contribution in [3.63, 3.8) is 0 Å². The number of anilines is 1. The van der Waals surface area contributed by atoms with Gasteiger partial charge in [0.15, 0.2) is 5.71 Å². The van der Waals surface area contributed by atoms with Gasteiger partial charge in [-0.1, -0.05) is 6.07 Å². The van der Waals surface area contributed by atoms with Crippen LogP contribution in [0, 0.1) is 0 Å². The molecule has 84 valence electrons. The summed E-state index contributed by atoms with van der Waals surface area (Å²) in [5, 5.41) is 20.5. The quantitative estimate of drug-likeness (QED) is 0.492. The summed E-state index contributed by atoms with van der Waals surface area (Å²) in [5.74, 6) is -2.30. The Hall–Kier alpha value is -2.44. The average molecular weight is 223 g/mol. The van der Waals surface area contributed by atoms with Crippen molar-refractivity contribution in [2.45, 2.75) is 6.42 Å². The third-order valence-corrected chi connectivity index (χ3v) is 1.54. The smallest absolute Gasteiger partial charge is 0.352 e. The maximum atomic E-state index is 10.6. The first-order chi connectivity index (χ1) is 7.59. The molecule has 0 atom stereocenters. The predicted octanol–water partition coefficient (Wildman–Crippen LogP) is 0.409. The first kappa shape index (κ1) is 11.6. The molecule has 16 heavy (non-hydrogen) atoms. The molecule has 3 N–H and O–H groups in total. The van der Waals surface area contributed by atoms with E-state index in [-0.39, 0.29) is 0 Å². The summed E-state index contributed by atoms with van der Waals surface area (Å²) in [6.45, 7) is 0. The lowest BCUT2D eigenvalue weighted by molar-refractivity contribution is -0.137. The minimum absolute atomic E-state index is 0.339. The van der Waals surface area contributed by atoms with E-state index in [0.29, 0.717) is 5.82 Å². The second kappa shape index (κ2) is 5.44. The van der Waals surface area contributed by atoms with Gasteiger partial charge in [0.25, 0.3) is 0 Å². The molecule has 1 aromatic heterocycles. The molecule has 1 rings (SSSR count). The molecular formula is C9H9N3O4. The van der Waals surface area contributed by atoms with Crippen LogP contribution in [0.25, 0.3) is 0 Å². The highest BCUT2D eigenvalue weighted by Crippen LogP contribution is 2.00. The molecule has 0 amide bonds. The Labute approximate surface area is 90.4 Å². The van der Waals surface area contributed by atoms with Crippen molar-refractivity contribution >= 4 is 23.5 Å². The van der Waals surface area contributed by atoms with Gasteiger partial charge in [-0.05, 0) is 12.1 Å². The number of aromatic nitrogens is 1. The van der Waals surface area contributed by atoms with Crippen LogP contribution in [0.15, 0.2) is 29.5 Å². The fourth-order valence-corrected chi connectivity index (χ4v) is 0.860. The highest BCUT2D eigenvalue weighted by molar-refractivity contribution is 6.38. The van der Waals surface area contributed by atoms with Gasteiger partial charge in [-0.15, -0.1) is 0 Å². The van der Waals surface area contributed by atoms with E-state index in [9.17, 15) is 9.59 Å². The molecule has 7 heteroatoms. The van der Waals surface area contributed by atoms with Crippen LogP contribution in [0.5, 0.6) is 0 Å². The Bertz CT molecular complexity index is 416. The summed E-state index contributed by atoms with van der Waals surface area (Å²) < 4.78 is 0. The number of hydrogen-bond donors (Lipinski definition) is 3. The van der Waals surface area contributed by atoms with E-state index in [4.69, 9.17) is 10.2 Å². The van der Waals surface area contributed by atoms with E-state index in [0.717, 1.165) is 0 Å². The predicted molar refractivity (Wildman–Crippen MR) is 55.2 cm³/mol. The largest absolute Gasteiger partial charge is 0.481 e. The minimum Gasteiger partial charge on any atom is -0.481 e. The number of aliphatic carboxylic acids is 2. The number of nitrogens with zero attached hydrogens (tertiary/aromatic N) is 2. The molecule has 1 aromatic rings. The SMILES string of the molecule is O=C(O)C/C(=N/Nc1ccccn1)C(=O)O. The number of carboxylic acid groups (broad SMARTS) is 2. The van der Waals surface area contributed by atoms with Gasteiger partial charge in [0.1, 0.15) is 5.82 Å².